The molecule has 0 saturated carbocycles. The molecule has 2 radical (unpaired) electrons. The SMILES string of the molecule is [CH]c1cc(CCNCCc2ccccc2)ccn1. The van der Waals surface area contributed by atoms with E-state index in [-0.39, 0.29) is 0 Å². The fourth-order valence-electron chi connectivity index (χ4n) is 1.89. The number of nitrogens with one attached hydrogen (secondary N) is 1. The minimum Gasteiger partial charge on any atom is -0.316 e. The van der Waals surface area contributed by atoms with E-state index in [0.29, 0.717) is 5.69 Å². The van der Waals surface area contributed by atoms with E-state index in [1.165, 1.54) is 11.1 Å². The first-order valence-electron chi connectivity index (χ1n) is 6.29. The van der Waals surface area contributed by atoms with Gasteiger partial charge in [0.15, 0.2) is 0 Å². The molecule has 92 valence electrons. The first kappa shape index (κ1) is 12.8. The van der Waals surface area contributed by atoms with Gasteiger partial charge in [0.25, 0.3) is 0 Å². The summed E-state index contributed by atoms with van der Waals surface area (Å²) in [5, 5.41) is 3.44. The van der Waals surface area contributed by atoms with Crippen molar-refractivity contribution in [3.05, 3.63) is 72.4 Å². The molecule has 0 fully saturated rings. The van der Waals surface area contributed by atoms with Gasteiger partial charge in [-0.3, -0.25) is 4.98 Å². The Labute approximate surface area is 109 Å². The Balaban J connectivity index is 1.65. The average Bonchev–Trinajstić information content (AvgIpc) is 2.40. The molecule has 0 unspecified atom stereocenters. The van der Waals surface area contributed by atoms with Gasteiger partial charge in [-0.2, -0.15) is 0 Å². The maximum Gasteiger partial charge on any atom is 0.0451 e. The molecule has 1 heterocycles. The molecule has 0 saturated heterocycles. The van der Waals surface area contributed by atoms with Crippen molar-refractivity contribution < 1.29 is 0 Å². The highest BCUT2D eigenvalue weighted by Gasteiger charge is 1.95. The first-order valence-corrected chi connectivity index (χ1v) is 6.29. The second kappa shape index (κ2) is 6.92. The number of benzene rings is 1. The number of hydrogen-bond acceptors (Lipinski definition) is 2. The summed E-state index contributed by atoms with van der Waals surface area (Å²) < 4.78 is 0. The molecule has 0 atom stereocenters. The predicted octanol–water partition coefficient (Wildman–Crippen LogP) is 2.52. The summed E-state index contributed by atoms with van der Waals surface area (Å²) >= 11 is 0. The van der Waals surface area contributed by atoms with Crippen LogP contribution in [0, 0.1) is 6.92 Å². The van der Waals surface area contributed by atoms with Gasteiger partial charge < -0.3 is 5.32 Å². The van der Waals surface area contributed by atoms with Gasteiger partial charge in [-0.15, -0.1) is 0 Å². The Bertz CT molecular complexity index is 466. The molecule has 0 spiro atoms. The fourth-order valence-corrected chi connectivity index (χ4v) is 1.89. The highest BCUT2D eigenvalue weighted by Crippen LogP contribution is 2.01. The number of hydrogen-bond donors (Lipinski definition) is 1. The number of aromatic nitrogens is 1. The number of nitrogens with zero attached hydrogens (tertiary/aromatic N) is 1. The van der Waals surface area contributed by atoms with Crippen molar-refractivity contribution in [2.75, 3.05) is 13.1 Å². The molecule has 0 bridgehead atoms. The molecular formula is C16H18N2. The topological polar surface area (TPSA) is 24.9 Å². The normalized spacial score (nSPS) is 10.5. The van der Waals surface area contributed by atoms with E-state index in [4.69, 9.17) is 6.92 Å². The van der Waals surface area contributed by atoms with Crippen LogP contribution in [0.1, 0.15) is 16.8 Å². The van der Waals surface area contributed by atoms with Crippen LogP contribution in [0.5, 0.6) is 0 Å². The highest BCUT2D eigenvalue weighted by molar-refractivity contribution is 5.18. The molecule has 2 rings (SSSR count). The molecule has 1 aromatic heterocycles. The highest BCUT2D eigenvalue weighted by atomic mass is 14.8. The maximum absolute atomic E-state index is 5.63. The van der Waals surface area contributed by atoms with E-state index >= 15 is 0 Å². The minimum absolute atomic E-state index is 0.594. The third kappa shape index (κ3) is 4.30. The molecular weight excluding hydrogens is 220 g/mol. The number of rotatable bonds is 6. The second-order valence-corrected chi connectivity index (χ2v) is 4.32. The Kier molecular flexibility index (Phi) is 4.91. The van der Waals surface area contributed by atoms with Crippen LogP contribution in [-0.4, -0.2) is 18.1 Å². The standard InChI is InChI=1S/C16H18N2/c1-14-13-16(9-12-18-14)8-11-17-10-7-15-5-3-2-4-6-15/h1-6,9,12-13,17H,7-8,10-11H2. The summed E-state index contributed by atoms with van der Waals surface area (Å²) in [4.78, 5) is 3.98. The van der Waals surface area contributed by atoms with Gasteiger partial charge >= 0.3 is 0 Å². The first-order chi connectivity index (χ1) is 8.84. The summed E-state index contributed by atoms with van der Waals surface area (Å²) in [6, 6.07) is 14.5. The van der Waals surface area contributed by atoms with Crippen LogP contribution in [0.4, 0.5) is 0 Å². The van der Waals surface area contributed by atoms with Crippen molar-refractivity contribution in [2.24, 2.45) is 0 Å². The van der Waals surface area contributed by atoms with E-state index in [1.54, 1.807) is 6.20 Å². The smallest absolute Gasteiger partial charge is 0.0451 e. The zero-order valence-corrected chi connectivity index (χ0v) is 10.5. The lowest BCUT2D eigenvalue weighted by Crippen LogP contribution is -2.20. The van der Waals surface area contributed by atoms with E-state index in [9.17, 15) is 0 Å². The lowest BCUT2D eigenvalue weighted by Gasteiger charge is -2.05. The Morgan fingerprint density at radius 3 is 2.39 bits per heavy atom. The van der Waals surface area contributed by atoms with Gasteiger partial charge in [0, 0.05) is 18.8 Å². The van der Waals surface area contributed by atoms with Crippen LogP contribution < -0.4 is 5.32 Å². The Morgan fingerprint density at radius 1 is 0.944 bits per heavy atom. The van der Waals surface area contributed by atoms with Crippen molar-refractivity contribution in [1.82, 2.24) is 10.3 Å². The molecule has 2 heteroatoms. The van der Waals surface area contributed by atoms with Crippen molar-refractivity contribution in [3.63, 3.8) is 0 Å². The minimum atomic E-state index is 0.594. The molecule has 0 aliphatic carbocycles. The van der Waals surface area contributed by atoms with E-state index in [1.807, 2.05) is 18.2 Å². The molecule has 0 amide bonds. The maximum atomic E-state index is 5.63. The fraction of sp³-hybridized carbons (Fsp3) is 0.250. The van der Waals surface area contributed by atoms with Crippen molar-refractivity contribution in [3.8, 4) is 0 Å². The van der Waals surface area contributed by atoms with Gasteiger partial charge in [-0.25, -0.2) is 0 Å². The third-order valence-corrected chi connectivity index (χ3v) is 2.87. The molecule has 18 heavy (non-hydrogen) atoms. The zero-order valence-electron chi connectivity index (χ0n) is 10.5. The Morgan fingerprint density at radius 2 is 1.67 bits per heavy atom. The zero-order chi connectivity index (χ0) is 12.6. The summed E-state index contributed by atoms with van der Waals surface area (Å²) in [5.41, 5.74) is 3.20. The third-order valence-electron chi connectivity index (χ3n) is 2.87. The predicted molar refractivity (Wildman–Crippen MR) is 74.4 cm³/mol. The van der Waals surface area contributed by atoms with Crippen molar-refractivity contribution in [1.29, 1.82) is 0 Å². The molecule has 1 N–H and O–H groups in total. The summed E-state index contributed by atoms with van der Waals surface area (Å²) in [5.74, 6) is 0. The molecule has 2 nitrogen and oxygen atoms in total. The molecule has 0 aliphatic heterocycles. The second-order valence-electron chi connectivity index (χ2n) is 4.32. The van der Waals surface area contributed by atoms with Crippen molar-refractivity contribution in [2.45, 2.75) is 12.8 Å². The van der Waals surface area contributed by atoms with E-state index < -0.39 is 0 Å². The van der Waals surface area contributed by atoms with Gasteiger partial charge in [0.1, 0.15) is 0 Å². The quantitative estimate of drug-likeness (QED) is 0.782. The summed E-state index contributed by atoms with van der Waals surface area (Å²) in [7, 11) is 0. The molecule has 1 aromatic carbocycles. The van der Waals surface area contributed by atoms with Crippen LogP contribution in [0.25, 0.3) is 0 Å². The van der Waals surface area contributed by atoms with Gasteiger partial charge in [-0.05, 0) is 49.2 Å². The van der Waals surface area contributed by atoms with E-state index in [0.717, 1.165) is 25.9 Å². The number of pyridine rings is 1. The van der Waals surface area contributed by atoms with Gasteiger partial charge in [-0.1, -0.05) is 30.3 Å². The van der Waals surface area contributed by atoms with Crippen LogP contribution in [0.15, 0.2) is 48.7 Å². The lowest BCUT2D eigenvalue weighted by molar-refractivity contribution is 0.681. The van der Waals surface area contributed by atoms with Crippen LogP contribution in [0.3, 0.4) is 0 Å². The van der Waals surface area contributed by atoms with E-state index in [2.05, 4.69) is 34.6 Å². The molecule has 0 aliphatic rings. The largest absolute Gasteiger partial charge is 0.316 e. The lowest BCUT2D eigenvalue weighted by atomic mass is 10.1. The Hall–Kier alpha value is -1.67. The van der Waals surface area contributed by atoms with Gasteiger partial charge in [0.05, 0.1) is 0 Å². The summed E-state index contributed by atoms with van der Waals surface area (Å²) in [6.45, 7) is 7.61. The van der Waals surface area contributed by atoms with Crippen LogP contribution in [-0.2, 0) is 12.8 Å². The van der Waals surface area contributed by atoms with Gasteiger partial charge in [0.2, 0.25) is 0 Å². The monoisotopic (exact) mass is 238 g/mol. The average molecular weight is 238 g/mol. The molecule has 2 aromatic rings. The van der Waals surface area contributed by atoms with Crippen molar-refractivity contribution >= 4 is 0 Å². The summed E-state index contributed by atoms with van der Waals surface area (Å²) in [6.07, 6.45) is 3.81. The van der Waals surface area contributed by atoms with Crippen LogP contribution >= 0.6 is 0 Å². The van der Waals surface area contributed by atoms with Crippen LogP contribution in [0.2, 0.25) is 0 Å².